The lowest BCUT2D eigenvalue weighted by molar-refractivity contribution is 0.832. The van der Waals surface area contributed by atoms with Crippen molar-refractivity contribution in [1.29, 1.82) is 5.53 Å². The highest BCUT2D eigenvalue weighted by Crippen LogP contribution is 2.04. The summed E-state index contributed by atoms with van der Waals surface area (Å²) in [6, 6.07) is 9.35. The minimum Gasteiger partial charge on any atom is -0.331 e. The van der Waals surface area contributed by atoms with Crippen molar-refractivity contribution < 1.29 is 0 Å². The molecule has 6 heteroatoms. The molecule has 5 nitrogen and oxygen atoms in total. The summed E-state index contributed by atoms with van der Waals surface area (Å²) in [7, 11) is 0. The summed E-state index contributed by atoms with van der Waals surface area (Å²) >= 11 is 5.07. The summed E-state index contributed by atoms with van der Waals surface area (Å²) in [5.41, 5.74) is 11.2. The van der Waals surface area contributed by atoms with Gasteiger partial charge in [-0.05, 0) is 38.2 Å². The van der Waals surface area contributed by atoms with Crippen molar-refractivity contribution >= 4 is 28.7 Å². The maximum atomic E-state index is 6.87. The Morgan fingerprint density at radius 3 is 2.59 bits per heavy atom. The molecule has 0 aliphatic rings. The van der Waals surface area contributed by atoms with Gasteiger partial charge in [0.05, 0.1) is 5.71 Å². The highest BCUT2D eigenvalue weighted by Gasteiger charge is 2.02. The average molecular weight is 249 g/mol. The van der Waals surface area contributed by atoms with Crippen molar-refractivity contribution in [2.45, 2.75) is 19.9 Å². The standard InChI is InChI=1S/C11H15N5S/c1-8(14-12)9(2)15-16-11(17)13-10-6-4-3-5-7-10/h3-8,12H,1-2H3,(H2,13,16,17). The molecule has 1 rings (SSSR count). The van der Waals surface area contributed by atoms with Crippen LogP contribution in [0.5, 0.6) is 0 Å². The number of nitrogens with one attached hydrogen (secondary N) is 3. The predicted molar refractivity (Wildman–Crippen MR) is 73.5 cm³/mol. The molecule has 0 amide bonds. The summed E-state index contributed by atoms with van der Waals surface area (Å²) in [6.45, 7) is 3.59. The smallest absolute Gasteiger partial charge is 0.191 e. The van der Waals surface area contributed by atoms with Gasteiger partial charge in [-0.1, -0.05) is 18.2 Å². The van der Waals surface area contributed by atoms with E-state index < -0.39 is 0 Å². The molecule has 0 aliphatic carbocycles. The molecule has 0 spiro atoms. The van der Waals surface area contributed by atoms with Crippen LogP contribution < -0.4 is 10.7 Å². The first-order valence-corrected chi connectivity index (χ1v) is 5.57. The maximum absolute atomic E-state index is 6.87. The molecule has 0 bridgehead atoms. The topological polar surface area (TPSA) is 72.6 Å². The van der Waals surface area contributed by atoms with Gasteiger partial charge in [-0.3, -0.25) is 5.43 Å². The molecule has 0 heterocycles. The number of para-hydroxylation sites is 1. The molecule has 3 N–H and O–H groups in total. The number of rotatable bonds is 4. The fourth-order valence-electron chi connectivity index (χ4n) is 1.01. The van der Waals surface area contributed by atoms with Crippen LogP contribution in [0.1, 0.15) is 13.8 Å². The number of nitrogens with zero attached hydrogens (tertiary/aromatic N) is 2. The molecular weight excluding hydrogens is 234 g/mol. The molecule has 1 aromatic rings. The average Bonchev–Trinajstić information content (AvgIpc) is 2.36. The highest BCUT2D eigenvalue weighted by atomic mass is 32.1. The Hall–Kier alpha value is -1.82. The van der Waals surface area contributed by atoms with E-state index in [1.54, 1.807) is 13.8 Å². The van der Waals surface area contributed by atoms with E-state index in [0.717, 1.165) is 5.69 Å². The largest absolute Gasteiger partial charge is 0.331 e. The number of anilines is 1. The second kappa shape index (κ2) is 6.70. The van der Waals surface area contributed by atoms with Gasteiger partial charge in [-0.25, -0.2) is 5.53 Å². The Balaban J connectivity index is 2.48. The van der Waals surface area contributed by atoms with Gasteiger partial charge in [0.1, 0.15) is 6.04 Å². The van der Waals surface area contributed by atoms with Crippen LogP contribution in [0.3, 0.4) is 0 Å². The van der Waals surface area contributed by atoms with E-state index in [4.69, 9.17) is 17.7 Å². The highest BCUT2D eigenvalue weighted by molar-refractivity contribution is 7.80. The zero-order chi connectivity index (χ0) is 12.7. The number of hydrogen-bond acceptors (Lipinski definition) is 4. The van der Waals surface area contributed by atoms with E-state index in [1.165, 1.54) is 0 Å². The molecule has 0 aliphatic heterocycles. The van der Waals surface area contributed by atoms with Crippen LogP contribution in [-0.4, -0.2) is 16.9 Å². The third-order valence-electron chi connectivity index (χ3n) is 2.16. The molecule has 0 fully saturated rings. The van der Waals surface area contributed by atoms with Crippen LogP contribution in [0.2, 0.25) is 0 Å². The van der Waals surface area contributed by atoms with Gasteiger partial charge in [0.15, 0.2) is 5.11 Å². The molecular formula is C11H15N5S. The monoisotopic (exact) mass is 249 g/mol. The lowest BCUT2D eigenvalue weighted by Gasteiger charge is -2.08. The van der Waals surface area contributed by atoms with Crippen molar-refractivity contribution in [2.24, 2.45) is 10.2 Å². The van der Waals surface area contributed by atoms with Crippen molar-refractivity contribution in [1.82, 2.24) is 5.43 Å². The second-order valence-corrected chi connectivity index (χ2v) is 3.90. The third-order valence-corrected chi connectivity index (χ3v) is 2.36. The molecule has 1 aromatic carbocycles. The lowest BCUT2D eigenvalue weighted by Crippen LogP contribution is -2.26. The summed E-state index contributed by atoms with van der Waals surface area (Å²) in [5.74, 6) is 0. The number of hydrogen-bond donors (Lipinski definition) is 3. The minimum absolute atomic E-state index is 0.234. The molecule has 0 radical (unpaired) electrons. The Morgan fingerprint density at radius 2 is 2.00 bits per heavy atom. The van der Waals surface area contributed by atoms with Crippen molar-refractivity contribution in [3.8, 4) is 0 Å². The van der Waals surface area contributed by atoms with Gasteiger partial charge in [0, 0.05) is 5.69 Å². The van der Waals surface area contributed by atoms with Crippen LogP contribution in [0.25, 0.3) is 0 Å². The molecule has 0 saturated heterocycles. The van der Waals surface area contributed by atoms with Gasteiger partial charge >= 0.3 is 0 Å². The van der Waals surface area contributed by atoms with Gasteiger partial charge in [-0.15, -0.1) is 0 Å². The van der Waals surface area contributed by atoms with E-state index in [2.05, 4.69) is 21.0 Å². The van der Waals surface area contributed by atoms with E-state index >= 15 is 0 Å². The predicted octanol–water partition coefficient (Wildman–Crippen LogP) is 2.77. The van der Waals surface area contributed by atoms with Gasteiger partial charge in [0.2, 0.25) is 0 Å². The van der Waals surface area contributed by atoms with E-state index in [0.29, 0.717) is 10.8 Å². The molecule has 17 heavy (non-hydrogen) atoms. The van der Waals surface area contributed by atoms with Crippen molar-refractivity contribution in [2.75, 3.05) is 5.32 Å². The Morgan fingerprint density at radius 1 is 1.35 bits per heavy atom. The third kappa shape index (κ3) is 4.69. The summed E-state index contributed by atoms with van der Waals surface area (Å²) in [5, 5.41) is 10.8. The van der Waals surface area contributed by atoms with Crippen LogP contribution in [0.15, 0.2) is 40.5 Å². The van der Waals surface area contributed by atoms with E-state index in [9.17, 15) is 0 Å². The summed E-state index contributed by atoms with van der Waals surface area (Å²) in [6.07, 6.45) is 0. The molecule has 1 unspecified atom stereocenters. The minimum atomic E-state index is -0.234. The van der Waals surface area contributed by atoms with Crippen molar-refractivity contribution in [3.63, 3.8) is 0 Å². The normalized spacial score (nSPS) is 12.7. The summed E-state index contributed by atoms with van der Waals surface area (Å²) < 4.78 is 0. The molecule has 0 saturated carbocycles. The fourth-order valence-corrected chi connectivity index (χ4v) is 1.17. The first kappa shape index (κ1) is 13.2. The van der Waals surface area contributed by atoms with Gasteiger partial charge in [-0.2, -0.15) is 10.2 Å². The van der Waals surface area contributed by atoms with E-state index in [1.807, 2.05) is 30.3 Å². The van der Waals surface area contributed by atoms with Crippen LogP contribution in [0.4, 0.5) is 5.69 Å². The SMILES string of the molecule is CC(=NNC(=S)Nc1ccccc1)C(C)N=N. The zero-order valence-corrected chi connectivity index (χ0v) is 10.6. The Labute approximate surface area is 106 Å². The first-order valence-electron chi connectivity index (χ1n) is 5.16. The van der Waals surface area contributed by atoms with Crippen molar-refractivity contribution in [3.05, 3.63) is 30.3 Å². The first-order chi connectivity index (χ1) is 8.13. The quantitative estimate of drug-likeness (QED) is 0.332. The zero-order valence-electron chi connectivity index (χ0n) is 9.77. The fraction of sp³-hybridized carbons (Fsp3) is 0.273. The molecule has 0 aromatic heterocycles. The molecule has 90 valence electrons. The van der Waals surface area contributed by atoms with E-state index in [-0.39, 0.29) is 6.04 Å². The lowest BCUT2D eigenvalue weighted by atomic mass is 10.2. The van der Waals surface area contributed by atoms with Gasteiger partial charge in [0.25, 0.3) is 0 Å². The Bertz CT molecular complexity index is 415. The van der Waals surface area contributed by atoms with Crippen LogP contribution >= 0.6 is 12.2 Å². The van der Waals surface area contributed by atoms with Crippen LogP contribution in [0, 0.1) is 5.53 Å². The number of hydrazone groups is 1. The van der Waals surface area contributed by atoms with Crippen LogP contribution in [-0.2, 0) is 0 Å². The second-order valence-electron chi connectivity index (χ2n) is 3.49. The molecule has 1 atom stereocenters. The number of thiocarbonyl (C=S) groups is 1. The Kier molecular flexibility index (Phi) is 5.22. The summed E-state index contributed by atoms with van der Waals surface area (Å²) in [4.78, 5) is 0. The number of benzene rings is 1. The maximum Gasteiger partial charge on any atom is 0.191 e. The van der Waals surface area contributed by atoms with Gasteiger partial charge < -0.3 is 5.32 Å².